The monoisotopic (exact) mass is 631 g/mol. The number of nitrogens with one attached hydrogen (secondary N) is 1. The third kappa shape index (κ3) is 9.48. The van der Waals surface area contributed by atoms with E-state index >= 15 is 0 Å². The molecule has 1 atom stereocenters. The van der Waals surface area contributed by atoms with E-state index in [1.165, 1.54) is 0 Å². The van der Waals surface area contributed by atoms with Crippen LogP contribution >= 0.6 is 0 Å². The molecule has 0 bridgehead atoms. The lowest BCUT2D eigenvalue weighted by Crippen LogP contribution is -2.36. The van der Waals surface area contributed by atoms with E-state index in [0.29, 0.717) is 36.4 Å². The second-order valence-corrected chi connectivity index (χ2v) is 13.7. The fourth-order valence-corrected chi connectivity index (χ4v) is 5.94. The predicted molar refractivity (Wildman–Crippen MR) is 167 cm³/mol. The summed E-state index contributed by atoms with van der Waals surface area (Å²) in [5, 5.41) is 13.9. The van der Waals surface area contributed by atoms with Gasteiger partial charge in [-0.05, 0) is 67.6 Å². The molecule has 1 saturated heterocycles. The average molecular weight is 632 g/mol. The second kappa shape index (κ2) is 15.3. The minimum Gasteiger partial charge on any atom is -0.463 e. The molecule has 1 fully saturated rings. The van der Waals surface area contributed by atoms with Crippen molar-refractivity contribution >= 4 is 27.6 Å². The van der Waals surface area contributed by atoms with Crippen molar-refractivity contribution in [3.63, 3.8) is 0 Å². The Kier molecular flexibility index (Phi) is 11.8. The lowest BCUT2D eigenvalue weighted by Gasteiger charge is -2.33. The summed E-state index contributed by atoms with van der Waals surface area (Å²) in [5.41, 5.74) is 3.13. The molecular formula is C32H45N3O8S. The number of ether oxygens (including phenoxy) is 3. The van der Waals surface area contributed by atoms with E-state index in [1.54, 1.807) is 18.2 Å². The Morgan fingerprint density at radius 3 is 2.55 bits per heavy atom. The number of aryl methyl sites for hydroxylation is 1. The van der Waals surface area contributed by atoms with Crippen molar-refractivity contribution in [1.29, 1.82) is 0 Å². The van der Waals surface area contributed by atoms with Crippen LogP contribution in [0.1, 0.15) is 75.2 Å². The van der Waals surface area contributed by atoms with Crippen LogP contribution in [-0.2, 0) is 37.3 Å². The Morgan fingerprint density at radius 1 is 1.02 bits per heavy atom. The van der Waals surface area contributed by atoms with Crippen molar-refractivity contribution in [1.82, 2.24) is 9.62 Å². The highest BCUT2D eigenvalue weighted by molar-refractivity contribution is 7.89. The number of hydrogen-bond donors (Lipinski definition) is 2. The van der Waals surface area contributed by atoms with Crippen molar-refractivity contribution in [2.24, 2.45) is 0 Å². The minimum absolute atomic E-state index is 0.376. The largest absolute Gasteiger partial charge is 0.463 e. The molecule has 0 radical (unpaired) electrons. The fourth-order valence-electron chi connectivity index (χ4n) is 5.23. The highest BCUT2D eigenvalue weighted by Crippen LogP contribution is 2.33. The van der Waals surface area contributed by atoms with Crippen LogP contribution < -0.4 is 15.0 Å². The van der Waals surface area contributed by atoms with Gasteiger partial charge in [0.15, 0.2) is 0 Å². The number of rotatable bonds is 17. The zero-order chi connectivity index (χ0) is 31.7. The van der Waals surface area contributed by atoms with Gasteiger partial charge in [-0.2, -0.15) is 0 Å². The van der Waals surface area contributed by atoms with Crippen LogP contribution in [0.2, 0.25) is 0 Å². The first kappa shape index (κ1) is 33.9. The number of anilines is 1. The molecule has 2 heterocycles. The van der Waals surface area contributed by atoms with Crippen LogP contribution in [0, 0.1) is 0 Å². The molecule has 3 amide bonds. The number of imide groups is 1. The molecule has 0 aromatic heterocycles. The van der Waals surface area contributed by atoms with Crippen LogP contribution in [-0.4, -0.2) is 74.7 Å². The number of nitrogens with zero attached hydrogens (tertiary/aromatic N) is 2. The van der Waals surface area contributed by atoms with E-state index < -0.39 is 40.4 Å². The Labute approximate surface area is 260 Å². The molecule has 0 spiro atoms. The molecule has 0 saturated carbocycles. The Balaban J connectivity index is 1.01. The Morgan fingerprint density at radius 2 is 1.77 bits per heavy atom. The number of benzene rings is 2. The van der Waals surface area contributed by atoms with Crippen LogP contribution in [0.4, 0.5) is 10.5 Å². The highest BCUT2D eigenvalue weighted by Gasteiger charge is 2.42. The summed E-state index contributed by atoms with van der Waals surface area (Å²) >= 11 is 0. The first-order valence-electron chi connectivity index (χ1n) is 15.3. The van der Waals surface area contributed by atoms with Crippen LogP contribution in [0.15, 0.2) is 42.5 Å². The van der Waals surface area contributed by atoms with Crippen molar-refractivity contribution in [3.8, 4) is 5.75 Å². The highest BCUT2D eigenvalue weighted by atomic mass is 32.2. The van der Waals surface area contributed by atoms with Crippen molar-refractivity contribution in [3.05, 3.63) is 59.2 Å². The van der Waals surface area contributed by atoms with E-state index in [4.69, 9.17) is 14.2 Å². The fraction of sp³-hybridized carbons (Fsp3) is 0.562. The maximum atomic E-state index is 12.5. The summed E-state index contributed by atoms with van der Waals surface area (Å²) in [6.07, 6.45) is 7.24. The molecule has 11 nitrogen and oxygen atoms in total. The van der Waals surface area contributed by atoms with Crippen molar-refractivity contribution in [2.45, 2.75) is 77.3 Å². The number of fused-ring (bicyclic) bond motifs is 1. The molecule has 0 unspecified atom stereocenters. The summed E-state index contributed by atoms with van der Waals surface area (Å²) in [6, 6.07) is 12.0. The first-order chi connectivity index (χ1) is 20.9. The standard InChI is InChI=1S/C32H45N3O8S/c1-32(2)42-23-26-20-25(14-15-29(26)43-32)28(36)21-33-16-7-5-4-6-8-17-41-18-10-12-24-11-9-13-27(19-24)35-30(37)22-34(31(35)38)44(3,39)40/h9,11,13-15,19-20,28,33,36H,4-8,10,12,16-18,21-23H2,1-3H3/t28-/m0/s1. The van der Waals surface area contributed by atoms with E-state index in [2.05, 4.69) is 5.32 Å². The van der Waals surface area contributed by atoms with Gasteiger partial charge in [0.25, 0.3) is 5.91 Å². The van der Waals surface area contributed by atoms with E-state index in [9.17, 15) is 23.1 Å². The smallest absolute Gasteiger partial charge is 0.345 e. The van der Waals surface area contributed by atoms with Gasteiger partial charge in [0.1, 0.15) is 12.3 Å². The van der Waals surface area contributed by atoms with E-state index in [0.717, 1.165) is 85.1 Å². The van der Waals surface area contributed by atoms with Crippen LogP contribution in [0.25, 0.3) is 0 Å². The number of amides is 3. The lowest BCUT2D eigenvalue weighted by molar-refractivity contribution is -0.180. The molecule has 44 heavy (non-hydrogen) atoms. The Hall–Kier alpha value is -3.03. The van der Waals surface area contributed by atoms with Gasteiger partial charge in [-0.15, -0.1) is 0 Å². The normalized spacial score (nSPS) is 17.1. The number of aliphatic hydroxyl groups excluding tert-OH is 1. The zero-order valence-corrected chi connectivity index (χ0v) is 26.7. The molecule has 2 aliphatic rings. The number of carbonyl (C=O) groups is 2. The van der Waals surface area contributed by atoms with Gasteiger partial charge >= 0.3 is 6.03 Å². The molecular weight excluding hydrogens is 586 g/mol. The minimum atomic E-state index is -3.80. The molecule has 2 N–H and O–H groups in total. The first-order valence-corrected chi connectivity index (χ1v) is 17.2. The number of carbonyl (C=O) groups excluding carboxylic acids is 2. The quantitative estimate of drug-likeness (QED) is 0.194. The maximum Gasteiger partial charge on any atom is 0.345 e. The maximum absolute atomic E-state index is 12.5. The van der Waals surface area contributed by atoms with Gasteiger partial charge in [0.05, 0.1) is 24.7 Å². The summed E-state index contributed by atoms with van der Waals surface area (Å²) in [6.45, 7) is 6.45. The third-order valence-corrected chi connectivity index (χ3v) is 8.72. The number of sulfonamides is 1. The van der Waals surface area contributed by atoms with Crippen LogP contribution in [0.5, 0.6) is 5.75 Å². The average Bonchev–Trinajstić information content (AvgIpc) is 3.28. The van der Waals surface area contributed by atoms with Gasteiger partial charge < -0.3 is 24.6 Å². The molecule has 2 aliphatic heterocycles. The van der Waals surface area contributed by atoms with Gasteiger partial charge in [0.2, 0.25) is 15.8 Å². The van der Waals surface area contributed by atoms with Crippen LogP contribution in [0.3, 0.4) is 0 Å². The number of aliphatic hydroxyl groups is 1. The second-order valence-electron chi connectivity index (χ2n) is 11.8. The molecule has 12 heteroatoms. The topological polar surface area (TPSA) is 135 Å². The summed E-state index contributed by atoms with van der Waals surface area (Å²) in [5.74, 6) is -0.384. The van der Waals surface area contributed by atoms with Crippen molar-refractivity contribution < 1.29 is 37.3 Å². The van der Waals surface area contributed by atoms with Gasteiger partial charge in [-0.1, -0.05) is 37.5 Å². The summed E-state index contributed by atoms with van der Waals surface area (Å²) in [7, 11) is -3.80. The molecule has 0 aliphatic carbocycles. The molecule has 2 aromatic carbocycles. The molecule has 2 aromatic rings. The van der Waals surface area contributed by atoms with Gasteiger partial charge in [-0.25, -0.2) is 22.4 Å². The molecule has 242 valence electrons. The number of urea groups is 1. The van der Waals surface area contributed by atoms with Crippen molar-refractivity contribution in [2.75, 3.05) is 44.0 Å². The summed E-state index contributed by atoms with van der Waals surface area (Å²) in [4.78, 5) is 25.7. The number of hydrogen-bond acceptors (Lipinski definition) is 9. The third-order valence-electron chi connectivity index (χ3n) is 7.64. The Bertz CT molecular complexity index is 1400. The lowest BCUT2D eigenvalue weighted by atomic mass is 10.0. The van der Waals surface area contributed by atoms with E-state index in [-0.39, 0.29) is 0 Å². The predicted octanol–water partition coefficient (Wildman–Crippen LogP) is 4.28. The number of unbranched alkanes of at least 4 members (excludes halogenated alkanes) is 4. The summed E-state index contributed by atoms with van der Waals surface area (Å²) < 4.78 is 41.4. The zero-order valence-electron chi connectivity index (χ0n) is 25.9. The SMILES string of the molecule is CC1(C)OCc2cc([C@@H](O)CNCCCCCCCOCCCc3cccc(N4C(=O)CN(S(C)(=O)=O)C4=O)c3)ccc2O1. The van der Waals surface area contributed by atoms with Gasteiger partial charge in [-0.3, -0.25) is 4.79 Å². The van der Waals surface area contributed by atoms with E-state index in [1.807, 2.05) is 38.1 Å². The molecule has 4 rings (SSSR count). The van der Waals surface area contributed by atoms with Gasteiger partial charge in [0, 0.05) is 39.2 Å².